The van der Waals surface area contributed by atoms with Crippen LogP contribution in [-0.4, -0.2) is 44.5 Å². The highest BCUT2D eigenvalue weighted by Crippen LogP contribution is 2.31. The van der Waals surface area contributed by atoms with E-state index in [1.807, 2.05) is 6.92 Å². The number of nitrogens with two attached hydrogens (primary N) is 1. The van der Waals surface area contributed by atoms with Crippen LogP contribution in [0.25, 0.3) is 0 Å². The van der Waals surface area contributed by atoms with Crippen LogP contribution in [0.4, 0.5) is 5.69 Å². The van der Waals surface area contributed by atoms with E-state index in [0.29, 0.717) is 23.6 Å². The first-order chi connectivity index (χ1) is 14.0. The molecule has 2 heterocycles. The molecule has 12 heteroatoms. The largest absolute Gasteiger partial charge is 0.377 e. The number of nitrogens with zero attached hydrogens (tertiary/aromatic N) is 2. The van der Waals surface area contributed by atoms with Crippen molar-refractivity contribution in [1.29, 1.82) is 0 Å². The second kappa shape index (κ2) is 8.97. The molecule has 0 amide bonds. The van der Waals surface area contributed by atoms with Crippen LogP contribution in [0, 0.1) is 0 Å². The van der Waals surface area contributed by atoms with Crippen molar-refractivity contribution in [3.8, 4) is 0 Å². The highest BCUT2D eigenvalue weighted by molar-refractivity contribution is 7.90. The number of aromatic nitrogens is 1. The summed E-state index contributed by atoms with van der Waals surface area (Å²) >= 11 is 12.1. The van der Waals surface area contributed by atoms with Gasteiger partial charge in [-0.05, 0) is 50.1 Å². The Bertz CT molecular complexity index is 1130. The van der Waals surface area contributed by atoms with E-state index in [1.165, 1.54) is 12.1 Å². The van der Waals surface area contributed by atoms with E-state index < -0.39 is 25.3 Å². The molecule has 0 saturated carbocycles. The van der Waals surface area contributed by atoms with Gasteiger partial charge in [0.1, 0.15) is 4.90 Å². The van der Waals surface area contributed by atoms with Crippen LogP contribution >= 0.6 is 23.2 Å². The van der Waals surface area contributed by atoms with Crippen molar-refractivity contribution in [3.05, 3.63) is 52.3 Å². The molecule has 1 aliphatic heterocycles. The molecular formula is C18H22Cl2N4O4S2. The number of nitrogens with one attached hydrogen (secondary N) is 1. The summed E-state index contributed by atoms with van der Waals surface area (Å²) in [6.07, 6.45) is 2.28. The third-order valence-electron chi connectivity index (χ3n) is 4.93. The number of anilines is 1. The van der Waals surface area contributed by atoms with Gasteiger partial charge in [-0.2, -0.15) is 4.31 Å². The Morgan fingerprint density at radius 1 is 1.20 bits per heavy atom. The van der Waals surface area contributed by atoms with Crippen molar-refractivity contribution >= 4 is 48.9 Å². The topological polar surface area (TPSA) is 122 Å². The van der Waals surface area contributed by atoms with Gasteiger partial charge in [0, 0.05) is 25.0 Å². The normalized spacial score (nSPS) is 19.4. The average molecular weight is 493 g/mol. The molecule has 3 N–H and O–H groups in total. The van der Waals surface area contributed by atoms with Gasteiger partial charge in [0.15, 0.2) is 0 Å². The lowest BCUT2D eigenvalue weighted by molar-refractivity contribution is 0.346. The fourth-order valence-corrected chi connectivity index (χ4v) is 6.43. The molecule has 1 fully saturated rings. The molecule has 0 bridgehead atoms. The molecule has 0 aliphatic carbocycles. The van der Waals surface area contributed by atoms with Crippen LogP contribution in [0.5, 0.6) is 0 Å². The monoisotopic (exact) mass is 492 g/mol. The summed E-state index contributed by atoms with van der Waals surface area (Å²) in [6.45, 7) is 1.93. The summed E-state index contributed by atoms with van der Waals surface area (Å²) < 4.78 is 50.5. The van der Waals surface area contributed by atoms with E-state index in [9.17, 15) is 16.8 Å². The van der Waals surface area contributed by atoms with Crippen LogP contribution in [0.15, 0.2) is 41.4 Å². The molecule has 2 aromatic rings. The molecule has 3 rings (SSSR count). The van der Waals surface area contributed by atoms with Crippen LogP contribution < -0.4 is 10.5 Å². The first kappa shape index (κ1) is 23.2. The smallest absolute Gasteiger partial charge is 0.244 e. The summed E-state index contributed by atoms with van der Waals surface area (Å²) in [5.74, 6) is 0. The number of piperidine rings is 1. The minimum absolute atomic E-state index is 0.0361. The van der Waals surface area contributed by atoms with Crippen LogP contribution in [0.3, 0.4) is 0 Å². The molecule has 1 aromatic heterocycles. The van der Waals surface area contributed by atoms with E-state index in [-0.39, 0.29) is 29.0 Å². The van der Waals surface area contributed by atoms with Crippen molar-refractivity contribution in [2.75, 3.05) is 18.4 Å². The molecule has 1 aliphatic rings. The third kappa shape index (κ3) is 5.24. The maximum Gasteiger partial charge on any atom is 0.244 e. The summed E-state index contributed by atoms with van der Waals surface area (Å²) in [5.41, 5.74) is 1.37. The van der Waals surface area contributed by atoms with E-state index in [2.05, 4.69) is 10.3 Å². The van der Waals surface area contributed by atoms with Crippen molar-refractivity contribution < 1.29 is 16.8 Å². The van der Waals surface area contributed by atoms with Crippen molar-refractivity contribution in [1.82, 2.24) is 9.29 Å². The van der Waals surface area contributed by atoms with Crippen LogP contribution in [0.1, 0.15) is 31.5 Å². The standard InChI is InChI=1S/C18H22Cl2N4O4S2/c1-12(17-6-4-13(19)10-22-17)23-14-5-7-18(16(20)9-14)30(27,28)24-8-2-3-15(11-24)29(21,25)26/h4-7,9-10,12,15,23H,2-3,8,11H2,1H3,(H2,21,25,26)/t12-,15-/m0/s1. The molecule has 0 spiro atoms. The van der Waals surface area contributed by atoms with Gasteiger partial charge in [-0.15, -0.1) is 0 Å². The van der Waals surface area contributed by atoms with E-state index in [1.54, 1.807) is 24.4 Å². The Labute approximate surface area is 186 Å². The van der Waals surface area contributed by atoms with Gasteiger partial charge in [-0.3, -0.25) is 4.98 Å². The Kier molecular flexibility index (Phi) is 6.95. The quantitative estimate of drug-likeness (QED) is 0.638. The molecule has 30 heavy (non-hydrogen) atoms. The molecule has 8 nitrogen and oxygen atoms in total. The maximum absolute atomic E-state index is 13.0. The Hall–Kier alpha value is -1.43. The van der Waals surface area contributed by atoms with E-state index in [0.717, 1.165) is 10.00 Å². The van der Waals surface area contributed by atoms with Gasteiger partial charge in [-0.1, -0.05) is 23.2 Å². The molecule has 164 valence electrons. The van der Waals surface area contributed by atoms with Gasteiger partial charge in [-0.25, -0.2) is 22.0 Å². The fourth-order valence-electron chi connectivity index (χ4n) is 3.30. The highest BCUT2D eigenvalue weighted by Gasteiger charge is 2.35. The average Bonchev–Trinajstić information content (AvgIpc) is 2.68. The minimum atomic E-state index is -3.96. The first-order valence-electron chi connectivity index (χ1n) is 9.18. The van der Waals surface area contributed by atoms with Crippen LogP contribution in [0.2, 0.25) is 10.0 Å². The van der Waals surface area contributed by atoms with Gasteiger partial charge in [0.25, 0.3) is 0 Å². The lowest BCUT2D eigenvalue weighted by atomic mass is 10.2. The molecule has 0 radical (unpaired) electrons. The number of halogens is 2. The first-order valence-corrected chi connectivity index (χ1v) is 13.0. The van der Waals surface area contributed by atoms with Gasteiger partial charge < -0.3 is 5.32 Å². The Balaban J connectivity index is 1.79. The molecular weight excluding hydrogens is 471 g/mol. The van der Waals surface area contributed by atoms with Gasteiger partial charge in [0.05, 0.1) is 27.0 Å². The summed E-state index contributed by atoms with van der Waals surface area (Å²) in [5, 5.41) is 8.07. The minimum Gasteiger partial charge on any atom is -0.377 e. The molecule has 2 atom stereocenters. The maximum atomic E-state index is 13.0. The summed E-state index contributed by atoms with van der Waals surface area (Å²) in [6, 6.07) is 7.88. The second-order valence-electron chi connectivity index (χ2n) is 7.13. The number of primary sulfonamides is 1. The fraction of sp³-hybridized carbons (Fsp3) is 0.389. The Morgan fingerprint density at radius 3 is 2.53 bits per heavy atom. The predicted octanol–water partition coefficient (Wildman–Crippen LogP) is 3.00. The Morgan fingerprint density at radius 2 is 1.93 bits per heavy atom. The predicted molar refractivity (Wildman–Crippen MR) is 118 cm³/mol. The number of rotatable bonds is 6. The number of hydrogen-bond donors (Lipinski definition) is 2. The van der Waals surface area contributed by atoms with Crippen molar-refractivity contribution in [2.24, 2.45) is 5.14 Å². The van der Waals surface area contributed by atoms with Crippen molar-refractivity contribution in [3.63, 3.8) is 0 Å². The zero-order chi connectivity index (χ0) is 22.1. The number of hydrogen-bond acceptors (Lipinski definition) is 6. The zero-order valence-electron chi connectivity index (χ0n) is 16.1. The second-order valence-corrected chi connectivity index (χ2v) is 11.7. The third-order valence-corrected chi connectivity index (χ3v) is 8.82. The molecule has 0 unspecified atom stereocenters. The van der Waals surface area contributed by atoms with Crippen LogP contribution in [-0.2, 0) is 20.0 Å². The summed E-state index contributed by atoms with van der Waals surface area (Å²) in [4.78, 5) is 4.17. The number of pyridine rings is 1. The lowest BCUT2D eigenvalue weighted by Crippen LogP contribution is -2.47. The van der Waals surface area contributed by atoms with Gasteiger partial charge >= 0.3 is 0 Å². The number of sulfonamides is 2. The summed E-state index contributed by atoms with van der Waals surface area (Å²) in [7, 11) is -7.79. The zero-order valence-corrected chi connectivity index (χ0v) is 19.3. The van der Waals surface area contributed by atoms with Crippen molar-refractivity contribution in [2.45, 2.75) is 36.0 Å². The highest BCUT2D eigenvalue weighted by atomic mass is 35.5. The number of benzene rings is 1. The van der Waals surface area contributed by atoms with E-state index >= 15 is 0 Å². The molecule has 1 saturated heterocycles. The molecule has 1 aromatic carbocycles. The van der Waals surface area contributed by atoms with E-state index in [4.69, 9.17) is 28.3 Å². The SMILES string of the molecule is C[C@H](Nc1ccc(S(=O)(=O)N2CCC[C@H](S(N)(=O)=O)C2)c(Cl)c1)c1ccc(Cl)cn1. The lowest BCUT2D eigenvalue weighted by Gasteiger charge is -2.31. The van der Waals surface area contributed by atoms with Gasteiger partial charge in [0.2, 0.25) is 20.0 Å².